The monoisotopic (exact) mass is 373 g/mol. The zero-order chi connectivity index (χ0) is 20.6. The number of esters is 2. The number of amides is 3. The first-order chi connectivity index (χ1) is 12.0. The average molecular weight is 373 g/mol. The summed E-state index contributed by atoms with van der Waals surface area (Å²) in [5, 5.41) is 4.87. The Morgan fingerprint density at radius 1 is 0.846 bits per heavy atom. The van der Waals surface area contributed by atoms with E-state index in [4.69, 9.17) is 5.73 Å². The van der Waals surface area contributed by atoms with E-state index in [-0.39, 0.29) is 5.92 Å². The summed E-state index contributed by atoms with van der Waals surface area (Å²) in [5.74, 6) is -6.67. The van der Waals surface area contributed by atoms with Gasteiger partial charge in [-0.25, -0.2) is 0 Å². The van der Waals surface area contributed by atoms with Crippen LogP contribution in [0.15, 0.2) is 0 Å². The van der Waals surface area contributed by atoms with Crippen LogP contribution in [0.1, 0.15) is 27.7 Å². The number of nitrogens with two attached hydrogens (primary N) is 1. The van der Waals surface area contributed by atoms with Gasteiger partial charge >= 0.3 is 11.9 Å². The fourth-order valence-corrected chi connectivity index (χ4v) is 2.43. The third-order valence-corrected chi connectivity index (χ3v) is 3.87. The first-order valence-corrected chi connectivity index (χ1v) is 8.00. The van der Waals surface area contributed by atoms with E-state index in [2.05, 4.69) is 20.1 Å². The fourth-order valence-electron chi connectivity index (χ4n) is 2.43. The van der Waals surface area contributed by atoms with Gasteiger partial charge in [0.25, 0.3) is 0 Å². The Kier molecular flexibility index (Phi) is 9.31. The Hall–Kier alpha value is -2.65. The van der Waals surface area contributed by atoms with Crippen LogP contribution in [0.3, 0.4) is 0 Å². The number of nitrogens with one attached hydrogen (secondary N) is 2. The highest BCUT2D eigenvalue weighted by Crippen LogP contribution is 2.20. The molecule has 0 aromatic heterocycles. The Labute approximate surface area is 152 Å². The first-order valence-electron chi connectivity index (χ1n) is 8.00. The highest BCUT2D eigenvalue weighted by atomic mass is 16.5. The van der Waals surface area contributed by atoms with Crippen molar-refractivity contribution in [2.75, 3.05) is 14.2 Å². The standard InChI is InChI=1S/C16H27N3O7/c1-7(2)11(18-9(4)20)14(22)19-12(13(17)21)8(3)10(15(23)25-5)16(24)26-6/h7-8,10-12H,1-6H3,(H2,17,21)(H,18,20)(H,19,22)/t8-,11-,12-/m1/s1. The largest absolute Gasteiger partial charge is 0.468 e. The SMILES string of the molecule is COC(=O)C(C(=O)OC)[C@@H](C)[C@@H](NC(=O)[C@H](NC(C)=O)C(C)C)C(N)=O. The third kappa shape index (κ3) is 6.34. The lowest BCUT2D eigenvalue weighted by molar-refractivity contribution is -0.162. The van der Waals surface area contributed by atoms with Gasteiger partial charge in [0.2, 0.25) is 17.7 Å². The van der Waals surface area contributed by atoms with Crippen molar-refractivity contribution < 1.29 is 33.4 Å². The van der Waals surface area contributed by atoms with Crippen molar-refractivity contribution in [2.24, 2.45) is 23.5 Å². The maximum Gasteiger partial charge on any atom is 0.320 e. The second-order valence-corrected chi connectivity index (χ2v) is 6.19. The third-order valence-electron chi connectivity index (χ3n) is 3.87. The van der Waals surface area contributed by atoms with E-state index in [9.17, 15) is 24.0 Å². The van der Waals surface area contributed by atoms with E-state index in [0.717, 1.165) is 14.2 Å². The number of methoxy groups -OCH3 is 2. The molecule has 0 saturated carbocycles. The second-order valence-electron chi connectivity index (χ2n) is 6.19. The zero-order valence-electron chi connectivity index (χ0n) is 15.8. The van der Waals surface area contributed by atoms with Gasteiger partial charge in [0.05, 0.1) is 14.2 Å². The molecule has 0 bridgehead atoms. The molecule has 0 spiro atoms. The van der Waals surface area contributed by atoms with Gasteiger partial charge < -0.3 is 25.8 Å². The molecule has 0 aliphatic carbocycles. The van der Waals surface area contributed by atoms with Crippen LogP contribution in [-0.4, -0.2) is 56.0 Å². The van der Waals surface area contributed by atoms with Crippen molar-refractivity contribution >= 4 is 29.7 Å². The van der Waals surface area contributed by atoms with E-state index >= 15 is 0 Å². The van der Waals surface area contributed by atoms with Gasteiger partial charge in [-0.1, -0.05) is 20.8 Å². The molecule has 10 heteroatoms. The molecule has 0 aliphatic rings. The van der Waals surface area contributed by atoms with Gasteiger partial charge in [-0.15, -0.1) is 0 Å². The van der Waals surface area contributed by atoms with Crippen molar-refractivity contribution in [3.63, 3.8) is 0 Å². The highest BCUT2D eigenvalue weighted by Gasteiger charge is 2.42. The highest BCUT2D eigenvalue weighted by molar-refractivity contribution is 5.97. The van der Waals surface area contributed by atoms with Gasteiger partial charge in [0, 0.05) is 12.8 Å². The van der Waals surface area contributed by atoms with Crippen molar-refractivity contribution in [1.29, 1.82) is 0 Å². The quantitative estimate of drug-likeness (QED) is 0.336. The molecule has 0 fully saturated rings. The van der Waals surface area contributed by atoms with Gasteiger partial charge in [-0.3, -0.25) is 24.0 Å². The maximum atomic E-state index is 12.5. The molecular formula is C16H27N3O7. The lowest BCUT2D eigenvalue weighted by atomic mass is 9.86. The molecule has 3 atom stereocenters. The number of primary amides is 1. The number of ether oxygens (including phenoxy) is 2. The number of carbonyl (C=O) groups excluding carboxylic acids is 5. The molecule has 0 heterocycles. The van der Waals surface area contributed by atoms with E-state index in [1.54, 1.807) is 13.8 Å². The maximum absolute atomic E-state index is 12.5. The minimum Gasteiger partial charge on any atom is -0.468 e. The molecular weight excluding hydrogens is 346 g/mol. The van der Waals surface area contributed by atoms with Crippen molar-refractivity contribution in [1.82, 2.24) is 10.6 Å². The summed E-state index contributed by atoms with van der Waals surface area (Å²) >= 11 is 0. The molecule has 0 aliphatic heterocycles. The number of rotatable bonds is 9. The van der Waals surface area contributed by atoms with Gasteiger partial charge in [0.15, 0.2) is 5.92 Å². The van der Waals surface area contributed by atoms with Crippen LogP contribution in [-0.2, 0) is 33.4 Å². The molecule has 4 N–H and O–H groups in total. The molecule has 3 amide bonds. The smallest absolute Gasteiger partial charge is 0.320 e. The van der Waals surface area contributed by atoms with Gasteiger partial charge in [0.1, 0.15) is 12.1 Å². The Balaban J connectivity index is 5.59. The molecule has 10 nitrogen and oxygen atoms in total. The molecule has 26 heavy (non-hydrogen) atoms. The summed E-state index contributed by atoms with van der Waals surface area (Å²) in [5.41, 5.74) is 5.34. The van der Waals surface area contributed by atoms with E-state index < -0.39 is 53.6 Å². The van der Waals surface area contributed by atoms with Crippen molar-refractivity contribution in [3.8, 4) is 0 Å². The number of hydrogen-bond acceptors (Lipinski definition) is 7. The predicted octanol–water partition coefficient (Wildman–Crippen LogP) is -1.28. The first kappa shape index (κ1) is 23.4. The molecule has 0 rings (SSSR count). The summed E-state index contributed by atoms with van der Waals surface area (Å²) in [6.07, 6.45) is 0. The lowest BCUT2D eigenvalue weighted by Gasteiger charge is -2.29. The van der Waals surface area contributed by atoms with Crippen LogP contribution in [0, 0.1) is 17.8 Å². The van der Waals surface area contributed by atoms with Gasteiger partial charge in [-0.2, -0.15) is 0 Å². The zero-order valence-corrected chi connectivity index (χ0v) is 15.8. The molecule has 0 aromatic carbocycles. The van der Waals surface area contributed by atoms with E-state index in [1.165, 1.54) is 13.8 Å². The van der Waals surface area contributed by atoms with Crippen LogP contribution in [0.4, 0.5) is 0 Å². The number of hydrogen-bond donors (Lipinski definition) is 3. The lowest BCUT2D eigenvalue weighted by Crippen LogP contribution is -2.58. The molecule has 0 aromatic rings. The minimum atomic E-state index is -1.46. The summed E-state index contributed by atoms with van der Waals surface area (Å²) in [7, 11) is 2.16. The molecule has 0 unspecified atom stereocenters. The summed E-state index contributed by atoms with van der Waals surface area (Å²) in [4.78, 5) is 59.4. The normalized spacial score (nSPS) is 14.2. The summed E-state index contributed by atoms with van der Waals surface area (Å²) in [6, 6.07) is -2.28. The fraction of sp³-hybridized carbons (Fsp3) is 0.688. The van der Waals surface area contributed by atoms with Crippen molar-refractivity contribution in [2.45, 2.75) is 39.8 Å². The van der Waals surface area contributed by atoms with Crippen LogP contribution in [0.2, 0.25) is 0 Å². The Morgan fingerprint density at radius 2 is 1.31 bits per heavy atom. The van der Waals surface area contributed by atoms with E-state index in [0.29, 0.717) is 0 Å². The van der Waals surface area contributed by atoms with Crippen LogP contribution in [0.25, 0.3) is 0 Å². The predicted molar refractivity (Wildman–Crippen MR) is 90.3 cm³/mol. The molecule has 0 saturated heterocycles. The topological polar surface area (TPSA) is 154 Å². The second kappa shape index (κ2) is 10.4. The Bertz CT molecular complexity index is 546. The van der Waals surface area contributed by atoms with E-state index in [1.807, 2.05) is 0 Å². The molecule has 148 valence electrons. The average Bonchev–Trinajstić information content (AvgIpc) is 2.55. The number of carbonyl (C=O) groups is 5. The summed E-state index contributed by atoms with van der Waals surface area (Å²) in [6.45, 7) is 6.04. The summed E-state index contributed by atoms with van der Waals surface area (Å²) < 4.78 is 9.14. The molecule has 0 radical (unpaired) electrons. The van der Waals surface area contributed by atoms with Gasteiger partial charge in [-0.05, 0) is 5.92 Å². The Morgan fingerprint density at radius 3 is 1.62 bits per heavy atom. The minimum absolute atomic E-state index is 0.278. The van der Waals surface area contributed by atoms with Crippen LogP contribution in [0.5, 0.6) is 0 Å². The van der Waals surface area contributed by atoms with Crippen molar-refractivity contribution in [3.05, 3.63) is 0 Å². The van der Waals surface area contributed by atoms with Crippen LogP contribution >= 0.6 is 0 Å². The van der Waals surface area contributed by atoms with Crippen LogP contribution < -0.4 is 16.4 Å².